The van der Waals surface area contributed by atoms with E-state index < -0.39 is 9.05 Å². The minimum Gasteiger partial charge on any atom is -0.381 e. The van der Waals surface area contributed by atoms with Crippen LogP contribution in [0.15, 0.2) is 17.5 Å². The Hall–Kier alpha value is -0.100. The molecular formula is C12H19ClO3S2. The fourth-order valence-electron chi connectivity index (χ4n) is 1.78. The first-order chi connectivity index (χ1) is 8.51. The lowest BCUT2D eigenvalue weighted by atomic mass is 10.1. The van der Waals surface area contributed by atoms with Crippen LogP contribution < -0.4 is 0 Å². The van der Waals surface area contributed by atoms with Crippen LogP contribution in [0.3, 0.4) is 0 Å². The molecule has 0 aliphatic rings. The molecule has 1 heterocycles. The zero-order chi connectivity index (χ0) is 13.4. The highest BCUT2D eigenvalue weighted by Crippen LogP contribution is 2.14. The minimum atomic E-state index is -3.43. The molecule has 1 atom stereocenters. The van der Waals surface area contributed by atoms with Gasteiger partial charge in [-0.2, -0.15) is 0 Å². The summed E-state index contributed by atoms with van der Waals surface area (Å²) >= 11 is 1.71. The van der Waals surface area contributed by atoms with Crippen LogP contribution in [0.25, 0.3) is 0 Å². The van der Waals surface area contributed by atoms with Crippen molar-refractivity contribution in [2.45, 2.75) is 26.2 Å². The van der Waals surface area contributed by atoms with E-state index in [0.29, 0.717) is 13.2 Å². The summed E-state index contributed by atoms with van der Waals surface area (Å²) in [6.45, 7) is 3.12. The number of halogens is 1. The molecule has 1 unspecified atom stereocenters. The standard InChI is InChI=1S/C12H19ClO3S2/c1-2-4-11(10-18(13,14)15)9-16-7-6-12-5-3-8-17-12/h3,5,8,11H,2,4,6-7,9-10H2,1H3. The maximum absolute atomic E-state index is 11.0. The Morgan fingerprint density at radius 2 is 2.28 bits per heavy atom. The van der Waals surface area contributed by atoms with Gasteiger partial charge in [-0.15, -0.1) is 11.3 Å². The quantitative estimate of drug-likeness (QED) is 0.519. The summed E-state index contributed by atoms with van der Waals surface area (Å²) in [4.78, 5) is 1.28. The second kappa shape index (κ2) is 8.15. The predicted molar refractivity (Wildman–Crippen MR) is 76.9 cm³/mol. The highest BCUT2D eigenvalue weighted by Gasteiger charge is 2.16. The molecule has 0 saturated carbocycles. The second-order valence-electron chi connectivity index (χ2n) is 4.26. The molecule has 0 aliphatic carbocycles. The van der Waals surface area contributed by atoms with Gasteiger partial charge in [-0.3, -0.25) is 0 Å². The zero-order valence-corrected chi connectivity index (χ0v) is 12.9. The van der Waals surface area contributed by atoms with Gasteiger partial charge in [0.1, 0.15) is 0 Å². The fourth-order valence-corrected chi connectivity index (χ4v) is 3.83. The van der Waals surface area contributed by atoms with Crippen molar-refractivity contribution < 1.29 is 13.2 Å². The van der Waals surface area contributed by atoms with Crippen LogP contribution >= 0.6 is 22.0 Å². The van der Waals surface area contributed by atoms with Crippen LogP contribution in [0.4, 0.5) is 0 Å². The van der Waals surface area contributed by atoms with E-state index in [4.69, 9.17) is 15.4 Å². The van der Waals surface area contributed by atoms with Crippen LogP contribution in [0.1, 0.15) is 24.6 Å². The molecule has 0 bridgehead atoms. The zero-order valence-electron chi connectivity index (χ0n) is 10.5. The van der Waals surface area contributed by atoms with Gasteiger partial charge in [0.2, 0.25) is 9.05 Å². The molecule has 3 nitrogen and oxygen atoms in total. The maximum atomic E-state index is 11.0. The predicted octanol–water partition coefficient (Wildman–Crippen LogP) is 3.29. The Morgan fingerprint density at radius 3 is 2.83 bits per heavy atom. The molecule has 0 aromatic carbocycles. The first kappa shape index (κ1) is 16.0. The van der Waals surface area contributed by atoms with E-state index in [1.807, 2.05) is 18.4 Å². The molecule has 0 aliphatic heterocycles. The smallest absolute Gasteiger partial charge is 0.232 e. The Kier molecular flexibility index (Phi) is 7.22. The van der Waals surface area contributed by atoms with Crippen molar-refractivity contribution in [1.82, 2.24) is 0 Å². The summed E-state index contributed by atoms with van der Waals surface area (Å²) in [6.07, 6.45) is 2.64. The number of rotatable bonds is 9. The molecule has 0 N–H and O–H groups in total. The monoisotopic (exact) mass is 310 g/mol. The summed E-state index contributed by atoms with van der Waals surface area (Å²) in [7, 11) is 1.84. The second-order valence-corrected chi connectivity index (χ2v) is 8.12. The van der Waals surface area contributed by atoms with Gasteiger partial charge in [0.15, 0.2) is 0 Å². The lowest BCUT2D eigenvalue weighted by Gasteiger charge is -2.14. The van der Waals surface area contributed by atoms with Crippen molar-refractivity contribution in [3.63, 3.8) is 0 Å². The average molecular weight is 311 g/mol. The molecule has 0 radical (unpaired) electrons. The summed E-state index contributed by atoms with van der Waals surface area (Å²) in [5.74, 6) is 0.00216. The molecule has 18 heavy (non-hydrogen) atoms. The van der Waals surface area contributed by atoms with Gasteiger partial charge in [0.05, 0.1) is 19.0 Å². The lowest BCUT2D eigenvalue weighted by molar-refractivity contribution is 0.106. The first-order valence-corrected chi connectivity index (χ1v) is 9.39. The van der Waals surface area contributed by atoms with Crippen molar-refractivity contribution in [1.29, 1.82) is 0 Å². The van der Waals surface area contributed by atoms with Gasteiger partial charge in [-0.05, 0) is 23.8 Å². The van der Waals surface area contributed by atoms with Crippen LogP contribution in [0.5, 0.6) is 0 Å². The number of hydrogen-bond acceptors (Lipinski definition) is 4. The van der Waals surface area contributed by atoms with E-state index in [0.717, 1.165) is 19.3 Å². The van der Waals surface area contributed by atoms with Crippen LogP contribution in [-0.4, -0.2) is 27.4 Å². The topological polar surface area (TPSA) is 43.4 Å². The van der Waals surface area contributed by atoms with Gasteiger partial charge < -0.3 is 4.74 Å². The Morgan fingerprint density at radius 1 is 1.50 bits per heavy atom. The maximum Gasteiger partial charge on any atom is 0.232 e. The summed E-state index contributed by atoms with van der Waals surface area (Å²) < 4.78 is 27.6. The molecule has 0 fully saturated rings. The van der Waals surface area contributed by atoms with Crippen LogP contribution in [0.2, 0.25) is 0 Å². The molecule has 1 aromatic rings. The fraction of sp³-hybridized carbons (Fsp3) is 0.667. The SMILES string of the molecule is CCCC(COCCc1cccs1)CS(=O)(=O)Cl. The molecule has 6 heteroatoms. The summed E-state index contributed by atoms with van der Waals surface area (Å²) in [5, 5.41) is 2.04. The van der Waals surface area contributed by atoms with Crippen LogP contribution in [-0.2, 0) is 20.2 Å². The van der Waals surface area contributed by atoms with Crippen molar-refractivity contribution in [2.24, 2.45) is 5.92 Å². The average Bonchev–Trinajstić information content (AvgIpc) is 2.75. The largest absolute Gasteiger partial charge is 0.381 e. The molecule has 1 aromatic heterocycles. The van der Waals surface area contributed by atoms with E-state index in [-0.39, 0.29) is 11.7 Å². The van der Waals surface area contributed by atoms with Gasteiger partial charge in [-0.1, -0.05) is 19.4 Å². The third kappa shape index (κ3) is 7.36. The van der Waals surface area contributed by atoms with Gasteiger partial charge in [0.25, 0.3) is 0 Å². The third-order valence-corrected chi connectivity index (χ3v) is 4.74. The van der Waals surface area contributed by atoms with E-state index >= 15 is 0 Å². The van der Waals surface area contributed by atoms with Crippen molar-refractivity contribution in [2.75, 3.05) is 19.0 Å². The molecule has 0 spiro atoms. The van der Waals surface area contributed by atoms with E-state index in [2.05, 4.69) is 6.07 Å². The van der Waals surface area contributed by atoms with E-state index in [1.165, 1.54) is 4.88 Å². The molecular weight excluding hydrogens is 292 g/mol. The van der Waals surface area contributed by atoms with Gasteiger partial charge in [-0.25, -0.2) is 8.42 Å². The normalized spacial score (nSPS) is 13.7. The highest BCUT2D eigenvalue weighted by molar-refractivity contribution is 8.13. The Bertz CT molecular complexity index is 415. The molecule has 0 saturated heterocycles. The van der Waals surface area contributed by atoms with Crippen molar-refractivity contribution in [3.05, 3.63) is 22.4 Å². The highest BCUT2D eigenvalue weighted by atomic mass is 35.7. The number of ether oxygens (including phenoxy) is 1. The molecule has 104 valence electrons. The molecule has 1 rings (SSSR count). The lowest BCUT2D eigenvalue weighted by Crippen LogP contribution is -2.18. The Labute approximate surface area is 118 Å². The van der Waals surface area contributed by atoms with Gasteiger partial charge in [0, 0.05) is 22.0 Å². The van der Waals surface area contributed by atoms with Crippen molar-refractivity contribution in [3.8, 4) is 0 Å². The van der Waals surface area contributed by atoms with Crippen molar-refractivity contribution >= 4 is 31.1 Å². The third-order valence-electron chi connectivity index (χ3n) is 2.56. The van der Waals surface area contributed by atoms with E-state index in [9.17, 15) is 8.42 Å². The number of thiophene rings is 1. The number of hydrogen-bond donors (Lipinski definition) is 0. The Balaban J connectivity index is 2.25. The summed E-state index contributed by atoms with van der Waals surface area (Å²) in [5.41, 5.74) is 0. The van der Waals surface area contributed by atoms with Gasteiger partial charge >= 0.3 is 0 Å². The summed E-state index contributed by atoms with van der Waals surface area (Å²) in [6, 6.07) is 4.08. The molecule has 0 amide bonds. The first-order valence-electron chi connectivity index (χ1n) is 6.03. The minimum absolute atomic E-state index is 0.000774. The van der Waals surface area contributed by atoms with Crippen LogP contribution in [0, 0.1) is 5.92 Å². The van der Waals surface area contributed by atoms with E-state index in [1.54, 1.807) is 11.3 Å².